The Morgan fingerprint density at radius 2 is 1.31 bits per heavy atom. The average Bonchev–Trinajstić information content (AvgIpc) is 2.88. The molecule has 0 fully saturated rings. The van der Waals surface area contributed by atoms with Crippen LogP contribution in [0.4, 0.5) is 8.78 Å². The van der Waals surface area contributed by atoms with E-state index in [1.165, 1.54) is 35.5 Å². The molecule has 192 valence electrons. The van der Waals surface area contributed by atoms with Gasteiger partial charge in [-0.1, -0.05) is 18.2 Å². The van der Waals surface area contributed by atoms with Crippen LogP contribution in [0.5, 0.6) is 28.7 Å². The third-order valence-electron chi connectivity index (χ3n) is 5.41. The van der Waals surface area contributed by atoms with Crippen molar-refractivity contribution in [1.82, 2.24) is 0 Å². The van der Waals surface area contributed by atoms with Crippen molar-refractivity contribution in [3.63, 3.8) is 0 Å². The molecule has 0 bridgehead atoms. The summed E-state index contributed by atoms with van der Waals surface area (Å²) in [4.78, 5) is -0.356. The molecule has 3 aromatic carbocycles. The summed E-state index contributed by atoms with van der Waals surface area (Å²) in [6.45, 7) is 0. The molecule has 0 N–H and O–H groups in total. The van der Waals surface area contributed by atoms with E-state index >= 15 is 0 Å². The van der Waals surface area contributed by atoms with E-state index in [0.717, 1.165) is 12.1 Å². The van der Waals surface area contributed by atoms with E-state index in [1.54, 1.807) is 36.4 Å². The fourth-order valence-electron chi connectivity index (χ4n) is 3.64. The van der Waals surface area contributed by atoms with Gasteiger partial charge in [-0.3, -0.25) is 0 Å². The van der Waals surface area contributed by atoms with Crippen molar-refractivity contribution in [2.24, 2.45) is 0 Å². The fraction of sp³-hybridized carbons (Fsp3) is 0.231. The molecule has 0 spiro atoms. The Morgan fingerprint density at radius 3 is 1.83 bits per heavy atom. The van der Waals surface area contributed by atoms with Gasteiger partial charge in [-0.05, 0) is 47.5 Å². The molecule has 0 saturated heterocycles. The number of sulfone groups is 1. The number of hydrogen-bond donors (Lipinski definition) is 0. The van der Waals surface area contributed by atoms with Gasteiger partial charge in [-0.25, -0.2) is 17.2 Å². The quantitative estimate of drug-likeness (QED) is 0.270. The van der Waals surface area contributed by atoms with Crippen molar-refractivity contribution in [2.45, 2.75) is 10.6 Å². The van der Waals surface area contributed by atoms with Crippen molar-refractivity contribution < 1.29 is 40.9 Å². The summed E-state index contributed by atoms with van der Waals surface area (Å²) in [5, 5.41) is 0. The van der Waals surface area contributed by atoms with Gasteiger partial charge in [0.1, 0.15) is 0 Å². The lowest BCUT2D eigenvalue weighted by atomic mass is 10.0. The van der Waals surface area contributed by atoms with Crippen LogP contribution in [0.2, 0.25) is 0 Å². The zero-order valence-corrected chi connectivity index (χ0v) is 21.2. The first-order valence-electron chi connectivity index (χ1n) is 10.6. The van der Waals surface area contributed by atoms with Crippen LogP contribution in [0, 0.1) is 11.6 Å². The maximum Gasteiger partial charge on any atom is 0.203 e. The molecular weight excluding hydrogens is 494 g/mol. The smallest absolute Gasteiger partial charge is 0.203 e. The van der Waals surface area contributed by atoms with Gasteiger partial charge >= 0.3 is 0 Å². The summed E-state index contributed by atoms with van der Waals surface area (Å²) in [7, 11) is 3.24. The molecule has 0 unspecified atom stereocenters. The normalized spacial score (nSPS) is 11.4. The van der Waals surface area contributed by atoms with Crippen LogP contribution in [-0.4, -0.2) is 44.0 Å². The van der Waals surface area contributed by atoms with Gasteiger partial charge in [0.25, 0.3) is 0 Å². The molecule has 36 heavy (non-hydrogen) atoms. The predicted octanol–water partition coefficient (Wildman–Crippen LogP) is 5.15. The Bertz CT molecular complexity index is 1360. The van der Waals surface area contributed by atoms with E-state index < -0.39 is 27.2 Å². The molecule has 0 aliphatic heterocycles. The summed E-state index contributed by atoms with van der Waals surface area (Å²) >= 11 is 0. The molecule has 7 nitrogen and oxygen atoms in total. The van der Waals surface area contributed by atoms with Gasteiger partial charge in [0.05, 0.1) is 46.2 Å². The van der Waals surface area contributed by atoms with Crippen molar-refractivity contribution in [3.8, 4) is 28.7 Å². The highest BCUT2D eigenvalue weighted by atomic mass is 32.2. The second kappa shape index (κ2) is 11.3. The fourth-order valence-corrected chi connectivity index (χ4v) is 5.04. The number of hydrogen-bond acceptors (Lipinski definition) is 7. The van der Waals surface area contributed by atoms with Crippen molar-refractivity contribution >= 4 is 22.0 Å². The SMILES string of the molecule is COc1cc(/C=C\c2ccc(OC)c(OC)c2CS(=O)(=O)c2ccc(F)c(F)c2)cc(OC)c1OC. The maximum atomic E-state index is 13.8. The van der Waals surface area contributed by atoms with Gasteiger partial charge in [0.15, 0.2) is 44.5 Å². The Morgan fingerprint density at radius 1 is 0.694 bits per heavy atom. The van der Waals surface area contributed by atoms with Gasteiger partial charge < -0.3 is 23.7 Å². The van der Waals surface area contributed by atoms with Crippen molar-refractivity contribution in [1.29, 1.82) is 0 Å². The molecule has 0 atom stereocenters. The molecule has 0 aromatic heterocycles. The van der Waals surface area contributed by atoms with Crippen LogP contribution in [-0.2, 0) is 15.6 Å². The number of benzene rings is 3. The van der Waals surface area contributed by atoms with Gasteiger partial charge in [0, 0.05) is 5.56 Å². The molecular formula is C26H26F2O7S. The van der Waals surface area contributed by atoms with Crippen LogP contribution in [0.3, 0.4) is 0 Å². The average molecular weight is 521 g/mol. The minimum absolute atomic E-state index is 0.204. The van der Waals surface area contributed by atoms with Crippen LogP contribution >= 0.6 is 0 Å². The third kappa shape index (κ3) is 5.54. The lowest BCUT2D eigenvalue weighted by molar-refractivity contribution is 0.324. The highest BCUT2D eigenvalue weighted by Gasteiger charge is 2.23. The molecule has 0 radical (unpaired) electrons. The number of ether oxygens (including phenoxy) is 5. The van der Waals surface area contributed by atoms with E-state index in [4.69, 9.17) is 23.7 Å². The largest absolute Gasteiger partial charge is 0.493 e. The summed E-state index contributed by atoms with van der Waals surface area (Å²) < 4.78 is 80.3. The first kappa shape index (κ1) is 26.8. The molecule has 0 heterocycles. The Kier molecular flexibility index (Phi) is 8.41. The summed E-state index contributed by atoms with van der Waals surface area (Å²) in [5.74, 6) is -1.09. The minimum atomic E-state index is -4.08. The summed E-state index contributed by atoms with van der Waals surface area (Å²) in [6, 6.07) is 9.23. The molecule has 0 amide bonds. The zero-order valence-electron chi connectivity index (χ0n) is 20.4. The third-order valence-corrected chi connectivity index (χ3v) is 7.05. The van der Waals surface area contributed by atoms with E-state index in [9.17, 15) is 17.2 Å². The van der Waals surface area contributed by atoms with Crippen LogP contribution in [0.1, 0.15) is 16.7 Å². The standard InChI is InChI=1S/C26H26F2O7S/c1-31-22-11-8-17(7-6-16-12-23(32-2)26(35-5)24(13-16)33-3)19(25(22)34-4)15-36(29,30)18-9-10-20(27)21(28)14-18/h6-14H,15H2,1-5H3/b7-6-. The van der Waals surface area contributed by atoms with Crippen LogP contribution in [0.15, 0.2) is 47.4 Å². The second-order valence-corrected chi connectivity index (χ2v) is 9.49. The van der Waals surface area contributed by atoms with Gasteiger partial charge in [-0.2, -0.15) is 0 Å². The van der Waals surface area contributed by atoms with Crippen LogP contribution < -0.4 is 23.7 Å². The summed E-state index contributed by atoms with van der Waals surface area (Å²) in [6.07, 6.45) is 3.43. The molecule has 3 aromatic rings. The second-order valence-electron chi connectivity index (χ2n) is 7.50. The van der Waals surface area contributed by atoms with Gasteiger partial charge in [0.2, 0.25) is 5.75 Å². The van der Waals surface area contributed by atoms with E-state index in [1.807, 2.05) is 0 Å². The van der Waals surface area contributed by atoms with Crippen molar-refractivity contribution in [2.75, 3.05) is 35.5 Å². The molecule has 0 saturated carbocycles. The molecule has 0 aliphatic carbocycles. The highest BCUT2D eigenvalue weighted by Crippen LogP contribution is 2.40. The molecule has 10 heteroatoms. The number of rotatable bonds is 10. The Labute approximate surface area is 208 Å². The number of halogens is 2. The lowest BCUT2D eigenvalue weighted by Gasteiger charge is -2.16. The van der Waals surface area contributed by atoms with E-state index in [0.29, 0.717) is 40.2 Å². The van der Waals surface area contributed by atoms with Crippen LogP contribution in [0.25, 0.3) is 12.2 Å². The topological polar surface area (TPSA) is 80.3 Å². The Hall–Kier alpha value is -3.79. The molecule has 3 rings (SSSR count). The van der Waals surface area contributed by atoms with Crippen molar-refractivity contribution in [3.05, 3.63) is 70.8 Å². The first-order chi connectivity index (χ1) is 17.2. The maximum absolute atomic E-state index is 13.8. The number of methoxy groups -OCH3 is 5. The van der Waals surface area contributed by atoms with Gasteiger partial charge in [-0.15, -0.1) is 0 Å². The molecule has 0 aliphatic rings. The Balaban J connectivity index is 2.11. The minimum Gasteiger partial charge on any atom is -0.493 e. The lowest BCUT2D eigenvalue weighted by Crippen LogP contribution is -2.09. The highest BCUT2D eigenvalue weighted by molar-refractivity contribution is 7.90. The monoisotopic (exact) mass is 520 g/mol. The first-order valence-corrected chi connectivity index (χ1v) is 12.2. The summed E-state index contributed by atoms with van der Waals surface area (Å²) in [5.41, 5.74) is 1.48. The van der Waals surface area contributed by atoms with E-state index in [2.05, 4.69) is 0 Å². The predicted molar refractivity (Wildman–Crippen MR) is 132 cm³/mol. The zero-order chi connectivity index (χ0) is 26.5. The van der Waals surface area contributed by atoms with E-state index in [-0.39, 0.29) is 16.2 Å².